The van der Waals surface area contributed by atoms with E-state index in [0.29, 0.717) is 28.6 Å². The number of carbonyl (C=O) groups excluding carboxylic acids is 1. The van der Waals surface area contributed by atoms with Crippen molar-refractivity contribution in [1.29, 1.82) is 0 Å². The van der Waals surface area contributed by atoms with Gasteiger partial charge in [-0.05, 0) is 52.2 Å². The number of fused-ring (bicyclic) bond motifs is 3. The second-order valence-electron chi connectivity index (χ2n) is 7.40. The summed E-state index contributed by atoms with van der Waals surface area (Å²) in [4.78, 5) is 27.6. The molecule has 1 aromatic carbocycles. The van der Waals surface area contributed by atoms with Crippen molar-refractivity contribution in [3.63, 3.8) is 0 Å². The van der Waals surface area contributed by atoms with Gasteiger partial charge < -0.3 is 4.90 Å². The number of hydrogen-bond donors (Lipinski definition) is 0. The Kier molecular flexibility index (Phi) is 5.14. The average Bonchev–Trinajstić information content (AvgIpc) is 3.10. The van der Waals surface area contributed by atoms with Crippen LogP contribution in [0.15, 0.2) is 34.2 Å². The molecule has 3 aromatic rings. The van der Waals surface area contributed by atoms with E-state index in [9.17, 15) is 9.59 Å². The molecule has 0 spiro atoms. The van der Waals surface area contributed by atoms with Crippen molar-refractivity contribution in [3.8, 4) is 0 Å². The van der Waals surface area contributed by atoms with Crippen molar-refractivity contribution >= 4 is 34.3 Å². The highest BCUT2D eigenvalue weighted by Gasteiger charge is 2.29. The normalized spacial score (nSPS) is 20.2. The Morgan fingerprint density at radius 2 is 1.89 bits per heavy atom. The highest BCUT2D eigenvalue weighted by atomic mass is 32.2. The molecule has 148 valence electrons. The van der Waals surface area contributed by atoms with Crippen molar-refractivity contribution in [2.75, 3.05) is 5.75 Å². The summed E-state index contributed by atoms with van der Waals surface area (Å²) in [5.74, 6) is 0.963. The molecule has 1 fully saturated rings. The van der Waals surface area contributed by atoms with Crippen LogP contribution in [0.5, 0.6) is 0 Å². The number of amides is 1. The van der Waals surface area contributed by atoms with Gasteiger partial charge in [0.2, 0.25) is 11.7 Å². The zero-order valence-corrected chi connectivity index (χ0v) is 17.3. The van der Waals surface area contributed by atoms with E-state index < -0.39 is 0 Å². The monoisotopic (exact) mass is 399 g/mol. The third kappa shape index (κ3) is 3.09. The molecule has 4 rings (SSSR count). The molecule has 0 radical (unpaired) electrons. The minimum absolute atomic E-state index is 0.0680. The molecule has 8 heteroatoms. The Labute approximate surface area is 167 Å². The van der Waals surface area contributed by atoms with E-state index in [4.69, 9.17) is 0 Å². The van der Waals surface area contributed by atoms with Gasteiger partial charge in [-0.3, -0.25) is 18.6 Å². The molecule has 28 heavy (non-hydrogen) atoms. The number of hydrogen-bond acceptors (Lipinski definition) is 5. The second kappa shape index (κ2) is 7.58. The van der Waals surface area contributed by atoms with Crippen molar-refractivity contribution in [3.05, 3.63) is 34.6 Å². The van der Waals surface area contributed by atoms with Crippen LogP contribution in [0, 0.1) is 0 Å². The summed E-state index contributed by atoms with van der Waals surface area (Å²) < 4.78 is 3.51. The van der Waals surface area contributed by atoms with Crippen LogP contribution in [-0.4, -0.2) is 47.8 Å². The molecule has 3 heterocycles. The van der Waals surface area contributed by atoms with Gasteiger partial charge in [0.15, 0.2) is 5.16 Å². The van der Waals surface area contributed by atoms with Gasteiger partial charge in [0, 0.05) is 18.6 Å². The highest BCUT2D eigenvalue weighted by Crippen LogP contribution is 2.26. The Morgan fingerprint density at radius 1 is 1.18 bits per heavy atom. The number of likely N-dealkylation sites (tertiary alicyclic amines) is 1. The Bertz CT molecular complexity index is 1080. The van der Waals surface area contributed by atoms with Crippen LogP contribution >= 0.6 is 11.8 Å². The van der Waals surface area contributed by atoms with E-state index in [0.717, 1.165) is 18.4 Å². The average molecular weight is 400 g/mol. The van der Waals surface area contributed by atoms with E-state index >= 15 is 0 Å². The molecule has 2 atom stereocenters. The summed E-state index contributed by atoms with van der Waals surface area (Å²) in [6.07, 6.45) is 3.29. The van der Waals surface area contributed by atoms with Gasteiger partial charge in [-0.25, -0.2) is 0 Å². The summed E-state index contributed by atoms with van der Waals surface area (Å²) in [7, 11) is 0. The predicted molar refractivity (Wildman–Crippen MR) is 111 cm³/mol. The first-order valence-electron chi connectivity index (χ1n) is 9.83. The lowest BCUT2D eigenvalue weighted by molar-refractivity contribution is -0.134. The summed E-state index contributed by atoms with van der Waals surface area (Å²) >= 11 is 1.39. The van der Waals surface area contributed by atoms with Crippen molar-refractivity contribution in [2.45, 2.75) is 63.8 Å². The van der Waals surface area contributed by atoms with E-state index in [1.165, 1.54) is 18.2 Å². The van der Waals surface area contributed by atoms with Gasteiger partial charge >= 0.3 is 0 Å². The largest absolute Gasteiger partial charge is 0.337 e. The number of thioether (sulfide) groups is 1. The van der Waals surface area contributed by atoms with Crippen LogP contribution in [0.4, 0.5) is 0 Å². The first-order valence-corrected chi connectivity index (χ1v) is 10.8. The zero-order valence-electron chi connectivity index (χ0n) is 16.5. The molecule has 0 saturated carbocycles. The van der Waals surface area contributed by atoms with Gasteiger partial charge in [0.1, 0.15) is 0 Å². The molecule has 0 bridgehead atoms. The molecule has 1 saturated heterocycles. The molecule has 2 aromatic heterocycles. The van der Waals surface area contributed by atoms with Gasteiger partial charge in [0.05, 0.1) is 16.7 Å². The number of piperidine rings is 1. The number of benzene rings is 1. The fourth-order valence-electron chi connectivity index (χ4n) is 4.23. The van der Waals surface area contributed by atoms with Crippen molar-refractivity contribution in [1.82, 2.24) is 24.1 Å². The fraction of sp³-hybridized carbons (Fsp3) is 0.500. The van der Waals surface area contributed by atoms with E-state index in [2.05, 4.69) is 24.0 Å². The maximum Gasteiger partial charge on any atom is 0.262 e. The number of para-hydroxylation sites is 1. The van der Waals surface area contributed by atoms with Crippen molar-refractivity contribution in [2.24, 2.45) is 0 Å². The lowest BCUT2D eigenvalue weighted by atomic mass is 9.98. The lowest BCUT2D eigenvalue weighted by Crippen LogP contribution is -2.48. The second-order valence-corrected chi connectivity index (χ2v) is 8.35. The first kappa shape index (κ1) is 19.0. The number of aryl methyl sites for hydroxylation is 1. The maximum atomic E-state index is 12.9. The molecule has 1 amide bonds. The van der Waals surface area contributed by atoms with Crippen molar-refractivity contribution < 1.29 is 4.79 Å². The van der Waals surface area contributed by atoms with Crippen LogP contribution in [0.2, 0.25) is 0 Å². The number of rotatable bonds is 4. The van der Waals surface area contributed by atoms with Crippen LogP contribution in [0.3, 0.4) is 0 Å². The Balaban J connectivity index is 1.69. The SMILES string of the molecule is CCn1c(=O)c2ccccc2n2c(SCC(=O)N3C(C)CCCC3C)nnc12. The predicted octanol–water partition coefficient (Wildman–Crippen LogP) is 2.95. The summed E-state index contributed by atoms with van der Waals surface area (Å²) in [5.41, 5.74) is 0.702. The molecular weight excluding hydrogens is 374 g/mol. The number of carbonyl (C=O) groups is 1. The summed E-state index contributed by atoms with van der Waals surface area (Å²) in [5, 5.41) is 9.81. The van der Waals surface area contributed by atoms with Crippen LogP contribution < -0.4 is 5.56 Å². The third-order valence-electron chi connectivity index (χ3n) is 5.60. The molecule has 1 aliphatic rings. The fourth-order valence-corrected chi connectivity index (χ4v) is 5.04. The van der Waals surface area contributed by atoms with E-state index in [1.54, 1.807) is 4.57 Å². The quantitative estimate of drug-likeness (QED) is 0.631. The molecule has 2 unspecified atom stereocenters. The maximum absolute atomic E-state index is 12.9. The highest BCUT2D eigenvalue weighted by molar-refractivity contribution is 7.99. The van der Waals surface area contributed by atoms with Crippen LogP contribution in [0.25, 0.3) is 16.7 Å². The van der Waals surface area contributed by atoms with Gasteiger partial charge in [-0.1, -0.05) is 23.9 Å². The number of nitrogens with zero attached hydrogens (tertiary/aromatic N) is 5. The summed E-state index contributed by atoms with van der Waals surface area (Å²) in [6, 6.07) is 8.02. The Morgan fingerprint density at radius 3 is 2.61 bits per heavy atom. The summed E-state index contributed by atoms with van der Waals surface area (Å²) in [6.45, 7) is 6.67. The van der Waals surface area contributed by atoms with Crippen LogP contribution in [0.1, 0.15) is 40.0 Å². The molecular formula is C20H25N5O2S. The van der Waals surface area contributed by atoms with E-state index in [-0.39, 0.29) is 23.6 Å². The standard InChI is InChI=1S/C20H25N5O2S/c1-4-23-18(27)15-10-5-6-11-16(15)25-19(23)21-22-20(25)28-12-17(26)24-13(2)8-7-9-14(24)3/h5-6,10-11,13-14H,4,7-9,12H2,1-3H3. The van der Waals surface area contributed by atoms with Crippen LogP contribution in [-0.2, 0) is 11.3 Å². The molecule has 7 nitrogen and oxygen atoms in total. The first-order chi connectivity index (χ1) is 13.5. The minimum Gasteiger partial charge on any atom is -0.337 e. The lowest BCUT2D eigenvalue weighted by Gasteiger charge is -2.39. The van der Waals surface area contributed by atoms with Gasteiger partial charge in [-0.2, -0.15) is 0 Å². The molecule has 0 aliphatic carbocycles. The van der Waals surface area contributed by atoms with Gasteiger partial charge in [-0.15, -0.1) is 10.2 Å². The van der Waals surface area contributed by atoms with Gasteiger partial charge in [0.25, 0.3) is 5.56 Å². The Hall–Kier alpha value is -2.35. The number of aromatic nitrogens is 4. The minimum atomic E-state index is -0.0680. The smallest absolute Gasteiger partial charge is 0.262 e. The molecule has 0 N–H and O–H groups in total. The van der Waals surface area contributed by atoms with E-state index in [1.807, 2.05) is 40.5 Å². The zero-order chi connectivity index (χ0) is 19.8. The third-order valence-corrected chi connectivity index (χ3v) is 6.51. The topological polar surface area (TPSA) is 72.5 Å². The molecule has 1 aliphatic heterocycles.